The summed E-state index contributed by atoms with van der Waals surface area (Å²) in [5.74, 6) is 1.85. The number of rotatable bonds is 7. The van der Waals surface area contributed by atoms with Crippen molar-refractivity contribution in [3.8, 4) is 11.5 Å². The van der Waals surface area contributed by atoms with Crippen LogP contribution < -0.4 is 19.7 Å². The summed E-state index contributed by atoms with van der Waals surface area (Å²) < 4.78 is 10.7. The summed E-state index contributed by atoms with van der Waals surface area (Å²) in [4.78, 5) is 36.0. The molecule has 154 valence electrons. The van der Waals surface area contributed by atoms with Gasteiger partial charge in [-0.25, -0.2) is 9.97 Å². The minimum Gasteiger partial charge on any atom is -0.497 e. The molecule has 1 aromatic heterocycles. The number of carbonyl (C=O) groups excluding carboxylic acids is 2. The molecule has 2 heterocycles. The van der Waals surface area contributed by atoms with Crippen LogP contribution in [0.25, 0.3) is 0 Å². The largest absolute Gasteiger partial charge is 0.497 e. The summed E-state index contributed by atoms with van der Waals surface area (Å²) in [6, 6.07) is 7.24. The highest BCUT2D eigenvalue weighted by Crippen LogP contribution is 2.16. The maximum absolute atomic E-state index is 12.2. The van der Waals surface area contributed by atoms with Gasteiger partial charge in [0.1, 0.15) is 18.1 Å². The third-order valence-electron chi connectivity index (χ3n) is 4.62. The Hall–Kier alpha value is -3.36. The number of piperazine rings is 1. The van der Waals surface area contributed by atoms with E-state index >= 15 is 0 Å². The summed E-state index contributed by atoms with van der Waals surface area (Å²) in [7, 11) is 1.61. The van der Waals surface area contributed by atoms with E-state index in [0.29, 0.717) is 56.6 Å². The molecule has 0 aliphatic carbocycles. The summed E-state index contributed by atoms with van der Waals surface area (Å²) in [6.45, 7) is 4.92. The van der Waals surface area contributed by atoms with E-state index in [2.05, 4.69) is 15.3 Å². The van der Waals surface area contributed by atoms with Gasteiger partial charge in [-0.3, -0.25) is 9.59 Å². The molecule has 1 aromatic carbocycles. The zero-order chi connectivity index (χ0) is 20.6. The van der Waals surface area contributed by atoms with E-state index in [4.69, 9.17) is 9.47 Å². The van der Waals surface area contributed by atoms with Crippen LogP contribution in [0.15, 0.2) is 36.7 Å². The van der Waals surface area contributed by atoms with Crippen LogP contribution in [0.3, 0.4) is 0 Å². The second kappa shape index (κ2) is 9.72. The van der Waals surface area contributed by atoms with Crippen molar-refractivity contribution >= 4 is 17.8 Å². The first-order chi connectivity index (χ1) is 14.1. The van der Waals surface area contributed by atoms with Gasteiger partial charge in [-0.1, -0.05) is 0 Å². The zero-order valence-electron chi connectivity index (χ0n) is 16.6. The monoisotopic (exact) mass is 399 g/mol. The van der Waals surface area contributed by atoms with Crippen LogP contribution in [0.5, 0.6) is 11.5 Å². The smallest absolute Gasteiger partial charge is 0.254 e. The molecule has 9 nitrogen and oxygen atoms in total. The molecule has 1 N–H and O–H groups in total. The van der Waals surface area contributed by atoms with Crippen LogP contribution >= 0.6 is 0 Å². The maximum Gasteiger partial charge on any atom is 0.254 e. The Labute approximate surface area is 169 Å². The van der Waals surface area contributed by atoms with Crippen molar-refractivity contribution in [3.63, 3.8) is 0 Å². The molecule has 0 spiro atoms. The number of ether oxygens (including phenoxy) is 2. The minimum atomic E-state index is -0.253. The van der Waals surface area contributed by atoms with Crippen molar-refractivity contribution in [2.75, 3.05) is 51.3 Å². The molecule has 29 heavy (non-hydrogen) atoms. The normalized spacial score (nSPS) is 13.7. The van der Waals surface area contributed by atoms with Gasteiger partial charge in [-0.05, 0) is 24.3 Å². The highest BCUT2D eigenvalue weighted by molar-refractivity contribution is 5.93. The van der Waals surface area contributed by atoms with Crippen LogP contribution in [0.1, 0.15) is 17.3 Å². The number of aromatic nitrogens is 2. The van der Waals surface area contributed by atoms with Gasteiger partial charge >= 0.3 is 0 Å². The second-order valence-electron chi connectivity index (χ2n) is 6.54. The molecule has 1 aliphatic heterocycles. The van der Waals surface area contributed by atoms with Gasteiger partial charge < -0.3 is 24.6 Å². The fourth-order valence-electron chi connectivity index (χ4n) is 2.93. The topological polar surface area (TPSA) is 96.9 Å². The second-order valence-corrected chi connectivity index (χ2v) is 6.54. The summed E-state index contributed by atoms with van der Waals surface area (Å²) in [6.07, 6.45) is 3.03. The Morgan fingerprint density at radius 2 is 1.66 bits per heavy atom. The van der Waals surface area contributed by atoms with Crippen LogP contribution in [0.4, 0.5) is 5.95 Å². The SMILES string of the molecule is COc1ccc(OCCNC(=O)c2cnc(N3CCN(C(C)=O)CC3)nc2)cc1. The highest BCUT2D eigenvalue weighted by atomic mass is 16.5. The number of amides is 2. The molecule has 9 heteroatoms. The van der Waals surface area contributed by atoms with Gasteiger partial charge in [0.15, 0.2) is 0 Å². The van der Waals surface area contributed by atoms with Crippen LogP contribution in [0, 0.1) is 0 Å². The van der Waals surface area contributed by atoms with E-state index in [9.17, 15) is 9.59 Å². The quantitative estimate of drug-likeness (QED) is 0.693. The number of nitrogens with zero attached hydrogens (tertiary/aromatic N) is 4. The molecule has 2 aromatic rings. The molecule has 0 saturated carbocycles. The first kappa shape index (κ1) is 20.4. The van der Waals surface area contributed by atoms with Crippen molar-refractivity contribution in [3.05, 3.63) is 42.2 Å². The standard InChI is InChI=1S/C20H25N5O4/c1-15(26)24-8-10-25(11-9-24)20-22-13-16(14-23-20)19(27)21-7-12-29-18-5-3-17(28-2)4-6-18/h3-6,13-14H,7-12H2,1-2H3,(H,21,27). The van der Waals surface area contributed by atoms with Gasteiger partial charge in [-0.15, -0.1) is 0 Å². The Morgan fingerprint density at radius 1 is 1.03 bits per heavy atom. The van der Waals surface area contributed by atoms with Crippen LogP contribution in [0.2, 0.25) is 0 Å². The molecular weight excluding hydrogens is 374 g/mol. The molecule has 0 bridgehead atoms. The van der Waals surface area contributed by atoms with Gasteiger partial charge in [0.2, 0.25) is 11.9 Å². The lowest BCUT2D eigenvalue weighted by Crippen LogP contribution is -2.48. The maximum atomic E-state index is 12.2. The molecule has 1 fully saturated rings. The molecular formula is C20H25N5O4. The number of hydrogen-bond donors (Lipinski definition) is 1. The van der Waals surface area contributed by atoms with Gasteiger partial charge in [0, 0.05) is 45.5 Å². The predicted molar refractivity (Wildman–Crippen MR) is 107 cm³/mol. The van der Waals surface area contributed by atoms with Crippen LogP contribution in [-0.2, 0) is 4.79 Å². The van der Waals surface area contributed by atoms with E-state index in [1.165, 1.54) is 12.4 Å². The predicted octanol–water partition coefficient (Wildman–Crippen LogP) is 0.962. The van der Waals surface area contributed by atoms with Crippen molar-refractivity contribution < 1.29 is 19.1 Å². The van der Waals surface area contributed by atoms with Crippen molar-refractivity contribution in [2.45, 2.75) is 6.92 Å². The van der Waals surface area contributed by atoms with Gasteiger partial charge in [-0.2, -0.15) is 0 Å². The number of nitrogens with one attached hydrogen (secondary N) is 1. The highest BCUT2D eigenvalue weighted by Gasteiger charge is 2.20. The van der Waals surface area contributed by atoms with Crippen molar-refractivity contribution in [2.24, 2.45) is 0 Å². The lowest BCUT2D eigenvalue weighted by Gasteiger charge is -2.34. The number of carbonyl (C=O) groups is 2. The zero-order valence-corrected chi connectivity index (χ0v) is 16.6. The first-order valence-electron chi connectivity index (χ1n) is 9.44. The molecule has 0 unspecified atom stereocenters. The van der Waals surface area contributed by atoms with E-state index < -0.39 is 0 Å². The Morgan fingerprint density at radius 3 is 2.24 bits per heavy atom. The van der Waals surface area contributed by atoms with Crippen molar-refractivity contribution in [1.82, 2.24) is 20.2 Å². The lowest BCUT2D eigenvalue weighted by atomic mass is 10.3. The summed E-state index contributed by atoms with van der Waals surface area (Å²) in [5.41, 5.74) is 0.389. The summed E-state index contributed by atoms with van der Waals surface area (Å²) >= 11 is 0. The molecule has 1 saturated heterocycles. The number of hydrogen-bond acceptors (Lipinski definition) is 7. The number of methoxy groups -OCH3 is 1. The number of anilines is 1. The molecule has 1 aliphatic rings. The Bertz CT molecular complexity index is 818. The lowest BCUT2D eigenvalue weighted by molar-refractivity contribution is -0.129. The summed E-state index contributed by atoms with van der Waals surface area (Å²) in [5, 5.41) is 2.78. The van der Waals surface area contributed by atoms with Gasteiger partial charge in [0.05, 0.1) is 19.2 Å². The molecule has 0 atom stereocenters. The van der Waals surface area contributed by atoms with E-state index in [1.807, 2.05) is 29.2 Å². The Kier molecular flexibility index (Phi) is 6.83. The third-order valence-corrected chi connectivity index (χ3v) is 4.62. The first-order valence-corrected chi connectivity index (χ1v) is 9.44. The fraction of sp³-hybridized carbons (Fsp3) is 0.400. The average molecular weight is 399 g/mol. The van der Waals surface area contributed by atoms with E-state index in [-0.39, 0.29) is 11.8 Å². The average Bonchev–Trinajstić information content (AvgIpc) is 2.77. The number of benzene rings is 1. The van der Waals surface area contributed by atoms with Gasteiger partial charge in [0.25, 0.3) is 5.91 Å². The molecule has 2 amide bonds. The minimum absolute atomic E-state index is 0.0774. The van der Waals surface area contributed by atoms with E-state index in [1.54, 1.807) is 18.9 Å². The Balaban J connectivity index is 1.42. The van der Waals surface area contributed by atoms with Crippen molar-refractivity contribution in [1.29, 1.82) is 0 Å². The molecule has 3 rings (SSSR count). The molecule has 0 radical (unpaired) electrons. The van der Waals surface area contributed by atoms with Crippen LogP contribution in [-0.4, -0.2) is 73.1 Å². The third kappa shape index (κ3) is 5.56. The fourth-order valence-corrected chi connectivity index (χ4v) is 2.93. The van der Waals surface area contributed by atoms with E-state index in [0.717, 1.165) is 5.75 Å².